The predicted molar refractivity (Wildman–Crippen MR) is 114 cm³/mol. The van der Waals surface area contributed by atoms with E-state index in [1.54, 1.807) is 35.6 Å². The molecule has 0 saturated carbocycles. The molecular formula is C23H23NO4S. The Morgan fingerprint density at radius 1 is 1.03 bits per heavy atom. The molecular weight excluding hydrogens is 386 g/mol. The molecule has 1 heterocycles. The van der Waals surface area contributed by atoms with Gasteiger partial charge in [0.25, 0.3) is 5.91 Å². The Morgan fingerprint density at radius 2 is 1.79 bits per heavy atom. The standard InChI is InChI=1S/C23H23NO4S/c1-2-27-20-11-7-6-10-19(20)24-23(26)22(18-8-4-3-5-9-18)28-21(25)13-12-17-14-15-29-16-17/h3-11,14-16,22H,2,12-13H2,1H3,(H,24,26). The summed E-state index contributed by atoms with van der Waals surface area (Å²) in [6, 6.07) is 18.2. The van der Waals surface area contributed by atoms with Crippen molar-refractivity contribution in [3.05, 3.63) is 82.6 Å². The van der Waals surface area contributed by atoms with Gasteiger partial charge in [0.15, 0.2) is 0 Å². The Kier molecular flexibility index (Phi) is 7.41. The highest BCUT2D eigenvalue weighted by atomic mass is 32.1. The first-order valence-corrected chi connectivity index (χ1v) is 10.4. The maximum Gasteiger partial charge on any atom is 0.307 e. The Bertz CT molecular complexity index is 925. The van der Waals surface area contributed by atoms with Crippen molar-refractivity contribution in [1.29, 1.82) is 0 Å². The number of hydrogen-bond acceptors (Lipinski definition) is 5. The lowest BCUT2D eigenvalue weighted by Gasteiger charge is -2.19. The summed E-state index contributed by atoms with van der Waals surface area (Å²) in [7, 11) is 0. The SMILES string of the molecule is CCOc1ccccc1NC(=O)C(OC(=O)CCc1ccsc1)c1ccccc1. The average molecular weight is 410 g/mol. The van der Waals surface area contributed by atoms with Crippen LogP contribution < -0.4 is 10.1 Å². The summed E-state index contributed by atoms with van der Waals surface area (Å²) in [6.45, 7) is 2.35. The van der Waals surface area contributed by atoms with Crippen molar-refractivity contribution in [2.24, 2.45) is 0 Å². The fraction of sp³-hybridized carbons (Fsp3) is 0.217. The second-order valence-electron chi connectivity index (χ2n) is 6.33. The second kappa shape index (κ2) is 10.4. The summed E-state index contributed by atoms with van der Waals surface area (Å²) in [5.41, 5.74) is 2.23. The van der Waals surface area contributed by atoms with Gasteiger partial charge >= 0.3 is 5.97 Å². The van der Waals surface area contributed by atoms with Crippen LogP contribution in [0.5, 0.6) is 5.75 Å². The number of para-hydroxylation sites is 2. The summed E-state index contributed by atoms with van der Waals surface area (Å²) < 4.78 is 11.1. The van der Waals surface area contributed by atoms with Crippen molar-refractivity contribution in [1.82, 2.24) is 0 Å². The molecule has 29 heavy (non-hydrogen) atoms. The Hall–Kier alpha value is -3.12. The highest BCUT2D eigenvalue weighted by molar-refractivity contribution is 7.07. The molecule has 3 rings (SSSR count). The van der Waals surface area contributed by atoms with Crippen LogP contribution in [0.25, 0.3) is 0 Å². The molecule has 2 aromatic carbocycles. The first-order chi connectivity index (χ1) is 14.2. The van der Waals surface area contributed by atoms with Crippen molar-refractivity contribution in [3.63, 3.8) is 0 Å². The average Bonchev–Trinajstić information content (AvgIpc) is 3.26. The maximum absolute atomic E-state index is 13.0. The van der Waals surface area contributed by atoms with Gasteiger partial charge in [-0.25, -0.2) is 0 Å². The van der Waals surface area contributed by atoms with Gasteiger partial charge < -0.3 is 14.8 Å². The minimum atomic E-state index is -1.04. The molecule has 0 spiro atoms. The van der Waals surface area contributed by atoms with Gasteiger partial charge in [0.2, 0.25) is 6.10 Å². The zero-order valence-electron chi connectivity index (χ0n) is 16.2. The van der Waals surface area contributed by atoms with E-state index in [4.69, 9.17) is 9.47 Å². The van der Waals surface area contributed by atoms with Crippen LogP contribution in [0.1, 0.15) is 30.6 Å². The van der Waals surface area contributed by atoms with Crippen molar-refractivity contribution in [3.8, 4) is 5.75 Å². The quantitative estimate of drug-likeness (QED) is 0.505. The van der Waals surface area contributed by atoms with Gasteiger partial charge in [-0.15, -0.1) is 0 Å². The number of nitrogens with one attached hydrogen (secondary N) is 1. The van der Waals surface area contributed by atoms with E-state index in [1.807, 2.05) is 54.1 Å². The molecule has 0 aliphatic carbocycles. The summed E-state index contributed by atoms with van der Waals surface area (Å²) in [4.78, 5) is 25.4. The zero-order valence-corrected chi connectivity index (χ0v) is 17.0. The highest BCUT2D eigenvalue weighted by Crippen LogP contribution is 2.27. The maximum atomic E-state index is 13.0. The molecule has 1 atom stereocenters. The van der Waals surface area contributed by atoms with E-state index in [-0.39, 0.29) is 6.42 Å². The number of esters is 1. The third-order valence-corrected chi connectivity index (χ3v) is 4.96. The van der Waals surface area contributed by atoms with Crippen LogP contribution in [-0.4, -0.2) is 18.5 Å². The van der Waals surface area contributed by atoms with E-state index >= 15 is 0 Å². The van der Waals surface area contributed by atoms with Gasteiger partial charge in [0.05, 0.1) is 12.3 Å². The predicted octanol–water partition coefficient (Wildman–Crippen LogP) is 5.00. The number of benzene rings is 2. The number of hydrogen-bond donors (Lipinski definition) is 1. The van der Waals surface area contributed by atoms with E-state index in [1.165, 1.54) is 0 Å². The van der Waals surface area contributed by atoms with E-state index in [2.05, 4.69) is 5.32 Å². The first kappa shape index (κ1) is 20.6. The van der Waals surface area contributed by atoms with Gasteiger partial charge in [0.1, 0.15) is 5.75 Å². The summed E-state index contributed by atoms with van der Waals surface area (Å²) in [5.74, 6) is -0.274. The third-order valence-electron chi connectivity index (χ3n) is 4.23. The lowest BCUT2D eigenvalue weighted by molar-refractivity contribution is -0.154. The number of ether oxygens (including phenoxy) is 2. The van der Waals surface area contributed by atoms with Gasteiger partial charge in [0, 0.05) is 12.0 Å². The van der Waals surface area contributed by atoms with Crippen LogP contribution in [-0.2, 0) is 20.7 Å². The van der Waals surface area contributed by atoms with Crippen LogP contribution >= 0.6 is 11.3 Å². The van der Waals surface area contributed by atoms with Crippen molar-refractivity contribution < 1.29 is 19.1 Å². The van der Waals surface area contributed by atoms with Crippen molar-refractivity contribution >= 4 is 28.9 Å². The lowest BCUT2D eigenvalue weighted by atomic mass is 10.1. The van der Waals surface area contributed by atoms with Gasteiger partial charge in [-0.1, -0.05) is 42.5 Å². The normalized spacial score (nSPS) is 11.5. The smallest absolute Gasteiger partial charge is 0.307 e. The zero-order chi connectivity index (χ0) is 20.5. The van der Waals surface area contributed by atoms with E-state index < -0.39 is 18.0 Å². The van der Waals surface area contributed by atoms with Crippen LogP contribution in [0, 0.1) is 0 Å². The number of rotatable bonds is 9. The largest absolute Gasteiger partial charge is 0.492 e. The second-order valence-corrected chi connectivity index (χ2v) is 7.11. The molecule has 0 aliphatic rings. The third kappa shape index (κ3) is 5.93. The summed E-state index contributed by atoms with van der Waals surface area (Å²) >= 11 is 1.59. The number of thiophene rings is 1. The fourth-order valence-corrected chi connectivity index (χ4v) is 3.53. The number of carbonyl (C=O) groups is 2. The molecule has 1 N–H and O–H groups in total. The van der Waals surface area contributed by atoms with Crippen LogP contribution in [0.2, 0.25) is 0 Å². The number of anilines is 1. The van der Waals surface area contributed by atoms with Crippen LogP contribution in [0.15, 0.2) is 71.4 Å². The van der Waals surface area contributed by atoms with Crippen molar-refractivity contribution in [2.75, 3.05) is 11.9 Å². The molecule has 0 aliphatic heterocycles. The molecule has 0 fully saturated rings. The minimum Gasteiger partial charge on any atom is -0.492 e. The van der Waals surface area contributed by atoms with E-state index in [9.17, 15) is 9.59 Å². The molecule has 150 valence electrons. The molecule has 3 aromatic rings. The molecule has 1 amide bonds. The number of amides is 1. The first-order valence-electron chi connectivity index (χ1n) is 9.45. The van der Waals surface area contributed by atoms with Crippen LogP contribution in [0.3, 0.4) is 0 Å². The van der Waals surface area contributed by atoms with Gasteiger partial charge in [-0.3, -0.25) is 9.59 Å². The number of aryl methyl sites for hydroxylation is 1. The van der Waals surface area contributed by atoms with Gasteiger partial charge in [-0.05, 0) is 47.9 Å². The topological polar surface area (TPSA) is 64.6 Å². The molecule has 1 unspecified atom stereocenters. The monoisotopic (exact) mass is 409 g/mol. The van der Waals surface area contributed by atoms with Crippen molar-refractivity contribution in [2.45, 2.75) is 25.9 Å². The van der Waals surface area contributed by atoms with E-state index in [0.29, 0.717) is 30.0 Å². The van der Waals surface area contributed by atoms with E-state index in [0.717, 1.165) is 5.56 Å². The van der Waals surface area contributed by atoms with Crippen LogP contribution in [0.4, 0.5) is 5.69 Å². The molecule has 0 bridgehead atoms. The highest BCUT2D eigenvalue weighted by Gasteiger charge is 2.25. The molecule has 6 heteroatoms. The molecule has 5 nitrogen and oxygen atoms in total. The summed E-state index contributed by atoms with van der Waals surface area (Å²) in [6.07, 6.45) is -0.248. The Balaban J connectivity index is 1.73. The van der Waals surface area contributed by atoms with Gasteiger partial charge in [-0.2, -0.15) is 11.3 Å². The lowest BCUT2D eigenvalue weighted by Crippen LogP contribution is -2.26. The summed E-state index contributed by atoms with van der Waals surface area (Å²) in [5, 5.41) is 6.80. The Morgan fingerprint density at radius 3 is 2.52 bits per heavy atom. The fourth-order valence-electron chi connectivity index (χ4n) is 2.82. The molecule has 1 aromatic heterocycles. The molecule has 0 radical (unpaired) electrons. The number of carbonyl (C=O) groups excluding carboxylic acids is 2. The minimum absolute atomic E-state index is 0.211. The molecule has 0 saturated heterocycles. The Labute approximate surface area is 174 Å².